The zero-order valence-corrected chi connectivity index (χ0v) is 31.2. The third kappa shape index (κ3) is 10.4. The number of rotatable bonds is 11. The van der Waals surface area contributed by atoms with E-state index in [9.17, 15) is 18.4 Å². The zero-order chi connectivity index (χ0) is 36.9. The number of nitrogens with one attached hydrogen (secondary N) is 1. The third-order valence-corrected chi connectivity index (χ3v) is 13.8. The van der Waals surface area contributed by atoms with Gasteiger partial charge in [-0.25, -0.2) is 18.0 Å². The molecule has 0 saturated carbocycles. The number of amides is 2. The van der Waals surface area contributed by atoms with E-state index in [2.05, 4.69) is 49.1 Å². The van der Waals surface area contributed by atoms with Crippen LogP contribution >= 0.6 is 0 Å². The maximum atomic E-state index is 15.3. The lowest BCUT2D eigenvalue weighted by Crippen LogP contribution is -2.56. The molecule has 13 heteroatoms. The number of aromatic nitrogens is 2. The second kappa shape index (κ2) is 16.0. The Labute approximate surface area is 294 Å². The van der Waals surface area contributed by atoms with E-state index in [1.165, 1.54) is 42.7 Å². The van der Waals surface area contributed by atoms with Crippen LogP contribution in [0.15, 0.2) is 55.1 Å². The van der Waals surface area contributed by atoms with Crippen LogP contribution in [0.2, 0.25) is 18.1 Å². The highest BCUT2D eigenvalue weighted by Crippen LogP contribution is 2.37. The molecule has 1 unspecified atom stereocenters. The summed E-state index contributed by atoms with van der Waals surface area (Å²) in [5.41, 5.74) is 0.431. The summed E-state index contributed by atoms with van der Waals surface area (Å²) in [6, 6.07) is 6.60. The Morgan fingerprint density at radius 2 is 1.68 bits per heavy atom. The summed E-state index contributed by atoms with van der Waals surface area (Å²) in [7, 11) is -2.11. The number of carbonyl (C=O) groups excluding carboxylic acids is 2. The van der Waals surface area contributed by atoms with Crippen LogP contribution in [0.25, 0.3) is 0 Å². The molecule has 1 saturated heterocycles. The Hall–Kier alpha value is -3.81. The molecule has 0 bridgehead atoms. The number of halogens is 3. The van der Waals surface area contributed by atoms with Crippen LogP contribution in [-0.4, -0.2) is 72.7 Å². The van der Waals surface area contributed by atoms with Crippen LogP contribution in [0.5, 0.6) is 0 Å². The molecule has 0 radical (unpaired) electrons. The van der Waals surface area contributed by atoms with E-state index in [-0.39, 0.29) is 53.9 Å². The average molecular weight is 715 g/mol. The second-order valence-electron chi connectivity index (χ2n) is 15.3. The monoisotopic (exact) mass is 714 g/mol. The maximum Gasteiger partial charge on any atom is 0.410 e. The van der Waals surface area contributed by atoms with Crippen LogP contribution in [0.1, 0.15) is 77.0 Å². The second-order valence-corrected chi connectivity index (χ2v) is 20.1. The number of anilines is 1. The largest absolute Gasteiger partial charge is 0.444 e. The molecular weight excluding hydrogens is 666 g/mol. The van der Waals surface area contributed by atoms with Crippen LogP contribution in [0, 0.1) is 17.5 Å². The number of benzene rings is 1. The quantitative estimate of drug-likeness (QED) is 0.201. The molecule has 3 heterocycles. The molecule has 1 fully saturated rings. The zero-order valence-electron chi connectivity index (χ0n) is 30.2. The van der Waals surface area contributed by atoms with Crippen molar-refractivity contribution < 1.29 is 36.7 Å². The Kier molecular flexibility index (Phi) is 12.5. The van der Waals surface area contributed by atoms with Crippen molar-refractivity contribution in [1.82, 2.24) is 14.9 Å². The van der Waals surface area contributed by atoms with E-state index in [1.54, 1.807) is 25.7 Å². The maximum absolute atomic E-state index is 15.3. The molecule has 3 aromatic rings. The van der Waals surface area contributed by atoms with Crippen molar-refractivity contribution in [2.24, 2.45) is 0 Å². The van der Waals surface area contributed by atoms with Gasteiger partial charge in [-0.3, -0.25) is 19.7 Å². The van der Waals surface area contributed by atoms with E-state index in [4.69, 9.17) is 13.9 Å². The highest BCUT2D eigenvalue weighted by Gasteiger charge is 2.41. The predicted molar refractivity (Wildman–Crippen MR) is 188 cm³/mol. The molecule has 50 heavy (non-hydrogen) atoms. The number of ether oxygens (including phenoxy) is 2. The van der Waals surface area contributed by atoms with Crippen LogP contribution in [-0.2, 0) is 25.1 Å². The predicted octanol–water partition coefficient (Wildman–Crippen LogP) is 8.01. The van der Waals surface area contributed by atoms with Gasteiger partial charge in [0.2, 0.25) is 5.91 Å². The van der Waals surface area contributed by atoms with Gasteiger partial charge >= 0.3 is 6.09 Å². The van der Waals surface area contributed by atoms with Crippen molar-refractivity contribution in [2.75, 3.05) is 25.1 Å². The highest BCUT2D eigenvalue weighted by atomic mass is 28.4. The first-order valence-electron chi connectivity index (χ1n) is 16.9. The molecule has 1 aliphatic heterocycles. The Balaban J connectivity index is 1.47. The number of carbonyl (C=O) groups is 2. The van der Waals surface area contributed by atoms with Gasteiger partial charge in [0.25, 0.3) is 0 Å². The van der Waals surface area contributed by atoms with Gasteiger partial charge in [0.1, 0.15) is 23.1 Å². The molecule has 1 aromatic carbocycles. The minimum absolute atomic E-state index is 0.0133. The van der Waals surface area contributed by atoms with Crippen LogP contribution in [0.3, 0.4) is 0 Å². The highest BCUT2D eigenvalue weighted by molar-refractivity contribution is 6.74. The van der Waals surface area contributed by atoms with E-state index in [1.807, 2.05) is 0 Å². The number of morpholine rings is 1. The first-order valence-corrected chi connectivity index (χ1v) is 19.8. The molecule has 9 nitrogen and oxygen atoms in total. The summed E-state index contributed by atoms with van der Waals surface area (Å²) in [6.07, 6.45) is 4.28. The number of pyridine rings is 2. The summed E-state index contributed by atoms with van der Waals surface area (Å²) in [6.45, 7) is 16.9. The van der Waals surface area contributed by atoms with E-state index < -0.39 is 55.4 Å². The van der Waals surface area contributed by atoms with E-state index in [0.29, 0.717) is 18.6 Å². The minimum atomic E-state index is -2.11. The first kappa shape index (κ1) is 39.0. The molecule has 272 valence electrons. The molecule has 1 N–H and O–H groups in total. The van der Waals surface area contributed by atoms with Crippen molar-refractivity contribution in [1.29, 1.82) is 0 Å². The number of hydrogen-bond donors (Lipinski definition) is 1. The van der Waals surface area contributed by atoms with Gasteiger partial charge in [-0.2, -0.15) is 0 Å². The smallest absolute Gasteiger partial charge is 0.410 e. The fraction of sp³-hybridized carbons (Fsp3) is 0.514. The fourth-order valence-electron chi connectivity index (χ4n) is 5.42. The fourth-order valence-corrected chi connectivity index (χ4v) is 6.46. The molecule has 1 aliphatic rings. The van der Waals surface area contributed by atoms with E-state index >= 15 is 4.39 Å². The Morgan fingerprint density at radius 1 is 1.00 bits per heavy atom. The van der Waals surface area contributed by atoms with Crippen molar-refractivity contribution in [2.45, 2.75) is 103 Å². The first-order chi connectivity index (χ1) is 23.3. The average Bonchev–Trinajstić information content (AvgIpc) is 3.02. The summed E-state index contributed by atoms with van der Waals surface area (Å²) >= 11 is 0. The van der Waals surface area contributed by atoms with E-state index in [0.717, 1.165) is 12.4 Å². The summed E-state index contributed by atoms with van der Waals surface area (Å²) in [4.78, 5) is 36.2. The lowest BCUT2D eigenvalue weighted by molar-refractivity contribution is -0.116. The number of hydrogen-bond acceptors (Lipinski definition) is 7. The van der Waals surface area contributed by atoms with Gasteiger partial charge in [-0.1, -0.05) is 32.9 Å². The molecule has 0 aliphatic carbocycles. The van der Waals surface area contributed by atoms with Crippen molar-refractivity contribution in [3.63, 3.8) is 0 Å². The Bertz CT molecular complexity index is 1630. The summed E-state index contributed by atoms with van der Waals surface area (Å²) in [5, 5.41) is 2.74. The summed E-state index contributed by atoms with van der Waals surface area (Å²) < 4.78 is 62.1. The minimum Gasteiger partial charge on any atom is -0.444 e. The third-order valence-electron chi connectivity index (χ3n) is 9.27. The van der Waals surface area contributed by atoms with Crippen LogP contribution < -0.4 is 5.32 Å². The SMILES string of the molecule is CC(C)(C)OC(=O)N1C[C@@H](CCc2c(F)cncc2NC(=O)CC(c2ccc(F)cc2)c2ccncc2F)OC[C@H]1CO[Si](C)(C)C(C)(C)C. The van der Waals surface area contributed by atoms with Gasteiger partial charge in [0, 0.05) is 24.1 Å². The lowest BCUT2D eigenvalue weighted by atomic mass is 9.88. The molecule has 3 atom stereocenters. The van der Waals surface area contributed by atoms with Crippen molar-refractivity contribution >= 4 is 26.0 Å². The van der Waals surface area contributed by atoms with Gasteiger partial charge in [-0.15, -0.1) is 0 Å². The molecule has 4 rings (SSSR count). The molecule has 0 spiro atoms. The van der Waals surface area contributed by atoms with Gasteiger partial charge in [0.15, 0.2) is 8.32 Å². The Morgan fingerprint density at radius 3 is 2.32 bits per heavy atom. The van der Waals surface area contributed by atoms with Gasteiger partial charge in [0.05, 0.1) is 56.2 Å². The van der Waals surface area contributed by atoms with Gasteiger partial charge in [-0.05, 0) is 81.1 Å². The summed E-state index contributed by atoms with van der Waals surface area (Å²) in [5.74, 6) is -2.96. The lowest BCUT2D eigenvalue weighted by Gasteiger charge is -2.43. The molecular formula is C37H49F3N4O5Si. The molecule has 2 aromatic heterocycles. The normalized spacial score (nSPS) is 17.7. The standard InChI is InChI=1S/C37H49F3N4O5Si/c1-36(2,3)49-35(46)44-21-27(47-22-26(44)23-48-50(7,8)37(4,5)6)13-14-29-32(40)19-42-20-33(29)43-34(45)17-30(24-9-11-25(38)12-10-24)28-15-16-41-18-31(28)39/h9-12,15-16,18-20,26-27,30H,13-14,17,21-23H2,1-8H3,(H,43,45)/t26-,27+,30?/m0/s1. The van der Waals surface area contributed by atoms with Gasteiger partial charge < -0.3 is 19.2 Å². The number of nitrogens with zero attached hydrogens (tertiary/aromatic N) is 3. The van der Waals surface area contributed by atoms with Crippen molar-refractivity contribution in [3.05, 3.63) is 89.3 Å². The topological polar surface area (TPSA) is 103 Å². The van der Waals surface area contributed by atoms with Crippen LogP contribution in [0.4, 0.5) is 23.7 Å². The van der Waals surface area contributed by atoms with Crippen molar-refractivity contribution in [3.8, 4) is 0 Å². The molecule has 2 amide bonds.